The number of piperidine rings is 1. The van der Waals surface area contributed by atoms with Crippen LogP contribution < -0.4 is 0 Å². The zero-order chi connectivity index (χ0) is 57.4. The summed E-state index contributed by atoms with van der Waals surface area (Å²) in [7, 11) is 0. The number of nitrogens with zero attached hydrogens (tertiary/aromatic N) is 1. The Bertz CT molecular complexity index is 2160. The molecule has 428 valence electrons. The van der Waals surface area contributed by atoms with Crippen LogP contribution in [-0.4, -0.2) is 131 Å². The van der Waals surface area contributed by atoms with E-state index < -0.39 is 126 Å². The van der Waals surface area contributed by atoms with Crippen molar-refractivity contribution >= 4 is 53.5 Å². The molecule has 19 heteroatoms. The fourth-order valence-corrected chi connectivity index (χ4v) is 10.7. The topological polar surface area (TPSA) is 251 Å². The van der Waals surface area contributed by atoms with E-state index in [1.807, 2.05) is 45.9 Å². The Labute approximate surface area is 449 Å². The quantitative estimate of drug-likeness (QED) is 0.0952. The number of hydrogen-bond donors (Lipinski definition) is 1. The van der Waals surface area contributed by atoms with Crippen molar-refractivity contribution in [3.8, 4) is 0 Å². The molecule has 3 aliphatic rings. The zero-order valence-electron chi connectivity index (χ0n) is 47.6. The van der Waals surface area contributed by atoms with Gasteiger partial charge in [-0.15, -0.1) is 0 Å². The number of esters is 7. The van der Waals surface area contributed by atoms with Gasteiger partial charge in [0.2, 0.25) is 5.79 Å². The molecule has 2 bridgehead atoms. The Hall–Kier alpha value is -5.43. The van der Waals surface area contributed by atoms with Crippen LogP contribution in [0.5, 0.6) is 0 Å². The van der Waals surface area contributed by atoms with Gasteiger partial charge in [-0.1, -0.05) is 59.8 Å². The molecule has 76 heavy (non-hydrogen) atoms. The van der Waals surface area contributed by atoms with Crippen LogP contribution in [0.25, 0.3) is 0 Å². The van der Waals surface area contributed by atoms with Gasteiger partial charge in [0.1, 0.15) is 48.8 Å². The molecule has 0 spiro atoms. The molecule has 0 aliphatic carbocycles. The van der Waals surface area contributed by atoms with E-state index in [4.69, 9.17) is 37.9 Å². The van der Waals surface area contributed by atoms with Crippen LogP contribution in [0.15, 0.2) is 34.9 Å². The first-order valence-corrected chi connectivity index (χ1v) is 27.0. The summed E-state index contributed by atoms with van der Waals surface area (Å²) in [5.74, 6) is -12.1. The SMILES string of the molecule is CCC1=CCC(C(C)=CC(C)C(C)OC(C)=O)OC(=O)C2CCCCN2C(=O)C(=O)C2(O)OC(CCC2C)CC(OC(C)=O)C(C)C(OC(C)=O)CC(OC(C)=O)CC(OC(C)=O)C(C)=CC(C)CC(C)C1OC(C)=O. The molecule has 0 aromatic heterocycles. The Morgan fingerprint density at radius 3 is 1.92 bits per heavy atom. The fraction of sp³-hybridized carbons (Fsp3) is 0.737. The number of aliphatic hydroxyl groups is 1. The Morgan fingerprint density at radius 1 is 0.763 bits per heavy atom. The molecular weight excluding hydrogens is 987 g/mol. The molecular formula is C57H87NO18. The van der Waals surface area contributed by atoms with Crippen molar-refractivity contribution < 1.29 is 86.2 Å². The summed E-state index contributed by atoms with van der Waals surface area (Å²) in [4.78, 5) is 120. The third-order valence-electron chi connectivity index (χ3n) is 14.8. The average Bonchev–Trinajstić information content (AvgIpc) is 3.31. The van der Waals surface area contributed by atoms with Crippen LogP contribution in [-0.2, 0) is 81.0 Å². The number of ether oxygens (including phenoxy) is 8. The van der Waals surface area contributed by atoms with Gasteiger partial charge in [0.25, 0.3) is 11.7 Å². The Kier molecular flexibility index (Phi) is 25.5. The van der Waals surface area contributed by atoms with E-state index >= 15 is 0 Å². The molecule has 15 unspecified atom stereocenters. The zero-order valence-corrected chi connectivity index (χ0v) is 47.6. The molecule has 0 radical (unpaired) electrons. The van der Waals surface area contributed by atoms with Gasteiger partial charge < -0.3 is 47.9 Å². The van der Waals surface area contributed by atoms with Crippen LogP contribution in [0.1, 0.15) is 174 Å². The molecule has 2 saturated heterocycles. The number of carbonyl (C=O) groups excluding carboxylic acids is 9. The standard InChI is InChI=1S/C57H87NO18/c1-16-45-21-23-49(34(5)27-32(3)38(9)69-39(10)59)75-56(67)48-19-17-18-24-58(48)55(66)54(65)57(68)36(7)20-22-46(76-57)28-51(72-42(13)62)37(8)52(73-43(14)63)30-47(70-40(11)60)29-50(71-41(12)61)33(4)25-31(2)26-35(6)53(45)74-44(15)64/h21,25,27,31-32,35-38,46-53,68H,16-20,22-24,26,28-30H2,1-15H3. The summed E-state index contributed by atoms with van der Waals surface area (Å²) < 4.78 is 47.4. The maximum absolute atomic E-state index is 14.6. The molecule has 1 N–H and O–H groups in total. The number of allylic oxidation sites excluding steroid dienone is 1. The predicted octanol–water partition coefficient (Wildman–Crippen LogP) is 7.70. The lowest BCUT2D eigenvalue weighted by Gasteiger charge is -2.43. The summed E-state index contributed by atoms with van der Waals surface area (Å²) in [5.41, 5.74) is 1.97. The van der Waals surface area contributed by atoms with Crippen LogP contribution in [0.3, 0.4) is 0 Å². The molecule has 3 rings (SSSR count). The van der Waals surface area contributed by atoms with Crippen molar-refractivity contribution in [2.24, 2.45) is 29.6 Å². The summed E-state index contributed by atoms with van der Waals surface area (Å²) in [5, 5.41) is 12.2. The van der Waals surface area contributed by atoms with E-state index in [1.54, 1.807) is 34.6 Å². The molecule has 3 heterocycles. The van der Waals surface area contributed by atoms with E-state index in [0.29, 0.717) is 36.8 Å². The van der Waals surface area contributed by atoms with E-state index in [1.165, 1.54) is 41.5 Å². The molecule has 0 aromatic carbocycles. The fourth-order valence-electron chi connectivity index (χ4n) is 10.7. The minimum absolute atomic E-state index is 0.00314. The van der Waals surface area contributed by atoms with Crippen molar-refractivity contribution in [1.29, 1.82) is 0 Å². The number of amides is 1. The number of hydrogen-bond acceptors (Lipinski definition) is 18. The highest BCUT2D eigenvalue weighted by Crippen LogP contribution is 2.38. The lowest BCUT2D eigenvalue weighted by atomic mass is 9.83. The van der Waals surface area contributed by atoms with Gasteiger partial charge in [0, 0.05) is 91.5 Å². The van der Waals surface area contributed by atoms with Gasteiger partial charge in [-0.2, -0.15) is 0 Å². The number of ketones is 1. The van der Waals surface area contributed by atoms with E-state index in [9.17, 15) is 48.3 Å². The van der Waals surface area contributed by atoms with Gasteiger partial charge in [0.05, 0.1) is 6.10 Å². The Balaban J connectivity index is 2.31. The summed E-state index contributed by atoms with van der Waals surface area (Å²) >= 11 is 0. The van der Waals surface area contributed by atoms with Gasteiger partial charge >= 0.3 is 41.8 Å². The highest BCUT2D eigenvalue weighted by atomic mass is 16.6. The molecule has 2 fully saturated rings. The van der Waals surface area contributed by atoms with Crippen LogP contribution >= 0.6 is 0 Å². The second kappa shape index (κ2) is 29.9. The maximum atomic E-state index is 14.6. The molecule has 15 atom stereocenters. The lowest BCUT2D eigenvalue weighted by Crippen LogP contribution is -2.61. The normalized spacial score (nSPS) is 32.0. The lowest BCUT2D eigenvalue weighted by molar-refractivity contribution is -0.267. The van der Waals surface area contributed by atoms with Crippen molar-refractivity contribution in [3.05, 3.63) is 34.9 Å². The minimum atomic E-state index is -2.67. The third kappa shape index (κ3) is 19.5. The van der Waals surface area contributed by atoms with Gasteiger partial charge in [-0.25, -0.2) is 4.79 Å². The second-order valence-electron chi connectivity index (χ2n) is 21.5. The second-order valence-corrected chi connectivity index (χ2v) is 21.5. The van der Waals surface area contributed by atoms with Crippen molar-refractivity contribution in [1.82, 2.24) is 4.90 Å². The maximum Gasteiger partial charge on any atom is 0.329 e. The molecule has 3 aliphatic heterocycles. The van der Waals surface area contributed by atoms with E-state index in [0.717, 1.165) is 10.5 Å². The van der Waals surface area contributed by atoms with Crippen molar-refractivity contribution in [2.75, 3.05) is 6.54 Å². The van der Waals surface area contributed by atoms with Crippen molar-refractivity contribution in [3.63, 3.8) is 0 Å². The third-order valence-corrected chi connectivity index (χ3v) is 14.8. The number of Topliss-reactive ketones (excluding diaryl/α,β-unsaturated/α-hetero) is 1. The first-order chi connectivity index (χ1) is 35.5. The number of carbonyl (C=O) groups is 9. The summed E-state index contributed by atoms with van der Waals surface area (Å²) in [6.45, 7) is 23.7. The van der Waals surface area contributed by atoms with Gasteiger partial charge in [0.15, 0.2) is 0 Å². The van der Waals surface area contributed by atoms with E-state index in [-0.39, 0.29) is 69.2 Å². The smallest absolute Gasteiger partial charge is 0.329 e. The van der Waals surface area contributed by atoms with Gasteiger partial charge in [-0.3, -0.25) is 38.4 Å². The number of rotatable bonds is 10. The first kappa shape index (κ1) is 64.9. The van der Waals surface area contributed by atoms with Crippen LogP contribution in [0.2, 0.25) is 0 Å². The highest BCUT2D eigenvalue weighted by molar-refractivity contribution is 6.39. The summed E-state index contributed by atoms with van der Waals surface area (Å²) in [6.07, 6.45) is 0.655. The Morgan fingerprint density at radius 2 is 1.36 bits per heavy atom. The molecule has 0 saturated carbocycles. The monoisotopic (exact) mass is 1070 g/mol. The molecule has 1 amide bonds. The van der Waals surface area contributed by atoms with Gasteiger partial charge in [-0.05, 0) is 94.3 Å². The first-order valence-electron chi connectivity index (χ1n) is 27.0. The van der Waals surface area contributed by atoms with Crippen LogP contribution in [0, 0.1) is 29.6 Å². The minimum Gasteiger partial charge on any atom is -0.462 e. The largest absolute Gasteiger partial charge is 0.462 e. The van der Waals surface area contributed by atoms with Crippen molar-refractivity contribution in [2.45, 2.75) is 235 Å². The molecule has 19 nitrogen and oxygen atoms in total. The molecule has 0 aromatic rings. The number of cyclic esters (lactones) is 1. The number of fused-ring (bicyclic) bond motifs is 3. The van der Waals surface area contributed by atoms with Crippen LogP contribution in [0.4, 0.5) is 0 Å². The summed E-state index contributed by atoms with van der Waals surface area (Å²) in [6, 6.07) is -1.22. The van der Waals surface area contributed by atoms with E-state index in [2.05, 4.69) is 0 Å². The average molecular weight is 1070 g/mol. The highest BCUT2D eigenvalue weighted by Gasteiger charge is 2.53. The predicted molar refractivity (Wildman–Crippen MR) is 277 cm³/mol.